The number of carbonyl (C=O) groups excluding carboxylic acids is 1. The molecule has 2 aliphatic heterocycles. The van der Waals surface area contributed by atoms with Crippen LogP contribution in [0.4, 0.5) is 0 Å². The van der Waals surface area contributed by atoms with Crippen LogP contribution in [0.2, 0.25) is 0 Å². The molecule has 10 heteroatoms. The lowest BCUT2D eigenvalue weighted by atomic mass is 9.86. The average molecular weight is 587 g/mol. The van der Waals surface area contributed by atoms with Crippen molar-refractivity contribution in [2.24, 2.45) is 29.6 Å². The van der Waals surface area contributed by atoms with Crippen molar-refractivity contribution in [1.82, 2.24) is 9.62 Å². The van der Waals surface area contributed by atoms with Crippen molar-refractivity contribution in [3.63, 3.8) is 0 Å². The van der Waals surface area contributed by atoms with E-state index in [-0.39, 0.29) is 42.0 Å². The molecule has 3 fully saturated rings. The normalized spacial score (nSPS) is 26.7. The number of carbonyl (C=O) groups is 1. The zero-order valence-electron chi connectivity index (χ0n) is 24.0. The number of nitrogens with one attached hydrogen (secondary N) is 1. The molecule has 2 aromatic carbocycles. The molecule has 5 rings (SSSR count). The van der Waals surface area contributed by atoms with Gasteiger partial charge in [0.15, 0.2) is 6.29 Å². The van der Waals surface area contributed by atoms with Gasteiger partial charge in [-0.1, -0.05) is 44.2 Å². The summed E-state index contributed by atoms with van der Waals surface area (Å²) in [6.07, 6.45) is 0.466. The van der Waals surface area contributed by atoms with E-state index in [0.717, 1.165) is 12.0 Å². The van der Waals surface area contributed by atoms with Gasteiger partial charge in [-0.05, 0) is 66.3 Å². The van der Waals surface area contributed by atoms with Crippen molar-refractivity contribution < 1.29 is 32.5 Å². The van der Waals surface area contributed by atoms with Gasteiger partial charge in [0.1, 0.15) is 5.75 Å². The first kappa shape index (κ1) is 30.0. The summed E-state index contributed by atoms with van der Waals surface area (Å²) >= 11 is 0. The van der Waals surface area contributed by atoms with Gasteiger partial charge >= 0.3 is 0 Å². The molecule has 9 nitrogen and oxygen atoms in total. The molecule has 41 heavy (non-hydrogen) atoms. The summed E-state index contributed by atoms with van der Waals surface area (Å²) < 4.78 is 45.5. The Morgan fingerprint density at radius 2 is 1.76 bits per heavy atom. The van der Waals surface area contributed by atoms with Gasteiger partial charge in [-0.25, -0.2) is 8.42 Å². The maximum absolute atomic E-state index is 13.7. The SMILES string of the molecule is COc1ccc(S(=O)(=O)N(CC(C)C)C[C@@H](O)[C@H](Cc2ccccc2)NC(=O)C[C@H]2C3CO[C@H]4OCC2C4C3)cc1. The molecule has 0 radical (unpaired) electrons. The number of amides is 1. The first-order valence-corrected chi connectivity index (χ1v) is 16.0. The molecule has 2 N–H and O–H groups in total. The van der Waals surface area contributed by atoms with E-state index in [0.29, 0.717) is 49.6 Å². The lowest BCUT2D eigenvalue weighted by molar-refractivity contribution is -0.165. The van der Waals surface area contributed by atoms with Crippen LogP contribution in [0, 0.1) is 29.6 Å². The van der Waals surface area contributed by atoms with Crippen LogP contribution in [-0.4, -0.2) is 75.6 Å². The van der Waals surface area contributed by atoms with Crippen molar-refractivity contribution in [1.29, 1.82) is 0 Å². The molecule has 224 valence electrons. The highest BCUT2D eigenvalue weighted by atomic mass is 32.2. The van der Waals surface area contributed by atoms with E-state index < -0.39 is 22.2 Å². The summed E-state index contributed by atoms with van der Waals surface area (Å²) in [5.74, 6) is 1.62. The molecular formula is C31H42N2O7S. The van der Waals surface area contributed by atoms with E-state index in [2.05, 4.69) is 5.32 Å². The minimum absolute atomic E-state index is 0.0267. The van der Waals surface area contributed by atoms with Crippen molar-refractivity contribution in [2.45, 2.75) is 56.4 Å². The average Bonchev–Trinajstić information content (AvgIpc) is 3.49. The second-order valence-corrected chi connectivity index (χ2v) is 14.0. The highest BCUT2D eigenvalue weighted by molar-refractivity contribution is 7.89. The third kappa shape index (κ3) is 6.78. The van der Waals surface area contributed by atoms with Crippen LogP contribution in [0.5, 0.6) is 5.75 Å². The molecule has 1 amide bonds. The monoisotopic (exact) mass is 586 g/mol. The number of aliphatic hydroxyl groups is 1. The number of hydrogen-bond acceptors (Lipinski definition) is 7. The molecule has 3 unspecified atom stereocenters. The number of benzene rings is 2. The van der Waals surface area contributed by atoms with Crippen LogP contribution in [0.1, 0.15) is 32.3 Å². The molecule has 2 heterocycles. The maximum atomic E-state index is 13.7. The smallest absolute Gasteiger partial charge is 0.243 e. The Hall–Kier alpha value is -2.50. The Morgan fingerprint density at radius 1 is 1.05 bits per heavy atom. The van der Waals surface area contributed by atoms with Crippen LogP contribution >= 0.6 is 0 Å². The Labute approximate surface area is 243 Å². The number of rotatable bonds is 13. The second kappa shape index (κ2) is 12.8. The number of sulfonamides is 1. The first-order valence-electron chi connectivity index (χ1n) is 14.5. The molecule has 0 aromatic heterocycles. The second-order valence-electron chi connectivity index (χ2n) is 12.0. The summed E-state index contributed by atoms with van der Waals surface area (Å²) in [5.41, 5.74) is 0.947. The fraction of sp³-hybridized carbons (Fsp3) is 0.581. The number of aliphatic hydroxyl groups excluding tert-OH is 1. The van der Waals surface area contributed by atoms with Crippen molar-refractivity contribution >= 4 is 15.9 Å². The minimum atomic E-state index is -3.91. The topological polar surface area (TPSA) is 114 Å². The van der Waals surface area contributed by atoms with Gasteiger partial charge in [-0.2, -0.15) is 4.31 Å². The van der Waals surface area contributed by atoms with E-state index in [9.17, 15) is 18.3 Å². The Morgan fingerprint density at radius 3 is 2.44 bits per heavy atom. The molecule has 1 saturated carbocycles. The molecule has 3 aliphatic rings. The Balaban J connectivity index is 1.33. The molecule has 2 bridgehead atoms. The molecule has 7 atom stereocenters. The summed E-state index contributed by atoms with van der Waals surface area (Å²) in [6, 6.07) is 15.2. The van der Waals surface area contributed by atoms with Gasteiger partial charge in [0, 0.05) is 25.4 Å². The van der Waals surface area contributed by atoms with Crippen LogP contribution in [0.3, 0.4) is 0 Å². The lowest BCUT2D eigenvalue weighted by Gasteiger charge is -2.31. The zero-order chi connectivity index (χ0) is 29.1. The molecule has 1 aliphatic carbocycles. The number of fused-ring (bicyclic) bond motifs is 1. The lowest BCUT2D eigenvalue weighted by Crippen LogP contribution is -2.51. The van der Waals surface area contributed by atoms with E-state index in [1.54, 1.807) is 12.1 Å². The number of ether oxygens (including phenoxy) is 3. The van der Waals surface area contributed by atoms with Gasteiger partial charge in [-0.3, -0.25) is 4.79 Å². The van der Waals surface area contributed by atoms with Crippen LogP contribution in [-0.2, 0) is 30.7 Å². The minimum Gasteiger partial charge on any atom is -0.497 e. The zero-order valence-corrected chi connectivity index (χ0v) is 24.8. The highest BCUT2D eigenvalue weighted by Crippen LogP contribution is 2.52. The number of hydrogen-bond donors (Lipinski definition) is 2. The van der Waals surface area contributed by atoms with Gasteiger partial charge in [-0.15, -0.1) is 0 Å². The van der Waals surface area contributed by atoms with Crippen molar-refractivity contribution in [2.75, 3.05) is 33.4 Å². The predicted molar refractivity (Wildman–Crippen MR) is 154 cm³/mol. The summed E-state index contributed by atoms with van der Waals surface area (Å²) in [4.78, 5) is 13.6. The van der Waals surface area contributed by atoms with Crippen molar-refractivity contribution in [3.05, 3.63) is 60.2 Å². The van der Waals surface area contributed by atoms with Gasteiger partial charge in [0.05, 0.1) is 37.4 Å². The van der Waals surface area contributed by atoms with E-state index >= 15 is 0 Å². The van der Waals surface area contributed by atoms with E-state index in [1.165, 1.54) is 23.5 Å². The van der Waals surface area contributed by atoms with Gasteiger partial charge in [0.25, 0.3) is 0 Å². The number of methoxy groups -OCH3 is 1. The first-order chi connectivity index (χ1) is 19.7. The fourth-order valence-corrected chi connectivity index (χ4v) is 8.32. The molecule has 2 saturated heterocycles. The summed E-state index contributed by atoms with van der Waals surface area (Å²) in [5, 5.41) is 14.6. The molecule has 0 spiro atoms. The van der Waals surface area contributed by atoms with Gasteiger partial charge in [0.2, 0.25) is 15.9 Å². The maximum Gasteiger partial charge on any atom is 0.243 e. The fourth-order valence-electron chi connectivity index (χ4n) is 6.70. The quantitative estimate of drug-likeness (QED) is 0.371. The largest absolute Gasteiger partial charge is 0.497 e. The van der Waals surface area contributed by atoms with Crippen LogP contribution in [0.25, 0.3) is 0 Å². The highest BCUT2D eigenvalue weighted by Gasteiger charge is 2.54. The van der Waals surface area contributed by atoms with Crippen LogP contribution in [0.15, 0.2) is 59.5 Å². The van der Waals surface area contributed by atoms with Crippen molar-refractivity contribution in [3.8, 4) is 5.75 Å². The Kier molecular flexibility index (Phi) is 9.35. The summed E-state index contributed by atoms with van der Waals surface area (Å²) in [6.45, 7) is 5.18. The predicted octanol–water partition coefficient (Wildman–Crippen LogP) is 3.08. The molecule has 2 aromatic rings. The van der Waals surface area contributed by atoms with E-state index in [1.807, 2.05) is 44.2 Å². The third-order valence-electron chi connectivity index (χ3n) is 8.74. The van der Waals surface area contributed by atoms with E-state index in [4.69, 9.17) is 14.2 Å². The standard InChI is InChI=1S/C31H42N2O7S/c1-20(2)16-33(41(36,37)24-11-9-23(38-3)10-12-24)17-29(34)28(13-21-7-5-4-6-8-21)32-30(35)15-25-22-14-26-27(25)19-40-31(26)39-18-22/h4-12,20,22,25-29,31,34H,13-19H2,1-3H3,(H,32,35)/t22?,25-,26?,27?,28-,29+,31-/m0/s1. The van der Waals surface area contributed by atoms with Crippen LogP contribution < -0.4 is 10.1 Å². The number of nitrogens with zero attached hydrogens (tertiary/aromatic N) is 1. The Bertz CT molecular complexity index is 1270. The molecular weight excluding hydrogens is 544 g/mol. The summed E-state index contributed by atoms with van der Waals surface area (Å²) in [7, 11) is -2.38. The van der Waals surface area contributed by atoms with Gasteiger partial charge < -0.3 is 24.6 Å². The third-order valence-corrected chi connectivity index (χ3v) is 10.6.